The molecular formula is C21H24N4O5S. The number of nitrogens with zero attached hydrogens (tertiary/aromatic N) is 4. The summed E-state index contributed by atoms with van der Waals surface area (Å²) in [7, 11) is -0.539. The van der Waals surface area contributed by atoms with E-state index < -0.39 is 15.9 Å². The van der Waals surface area contributed by atoms with E-state index >= 15 is 0 Å². The summed E-state index contributed by atoms with van der Waals surface area (Å²) >= 11 is 0. The molecule has 0 atom stereocenters. The van der Waals surface area contributed by atoms with Crippen LogP contribution in [-0.4, -0.2) is 56.3 Å². The molecule has 164 valence electrons. The Hall–Kier alpha value is -3.40. The second-order valence-corrected chi connectivity index (χ2v) is 8.96. The Bertz CT molecular complexity index is 1180. The van der Waals surface area contributed by atoms with E-state index in [1.165, 1.54) is 4.90 Å². The molecule has 0 radical (unpaired) electrons. The number of hydrogen-bond acceptors (Lipinski definition) is 7. The van der Waals surface area contributed by atoms with E-state index in [9.17, 15) is 13.2 Å². The number of benzene rings is 2. The zero-order chi connectivity index (χ0) is 22.6. The Morgan fingerprint density at radius 1 is 1.16 bits per heavy atom. The Morgan fingerprint density at radius 2 is 1.90 bits per heavy atom. The molecule has 1 amide bonds. The molecule has 31 heavy (non-hydrogen) atoms. The maximum absolute atomic E-state index is 12.8. The van der Waals surface area contributed by atoms with Gasteiger partial charge >= 0.3 is 0 Å². The zero-order valence-corrected chi connectivity index (χ0v) is 18.6. The lowest BCUT2D eigenvalue weighted by Crippen LogP contribution is -2.41. The third-order valence-electron chi connectivity index (χ3n) is 4.66. The quantitative estimate of drug-likeness (QED) is 0.525. The number of carbonyl (C=O) groups excluding carboxylic acids is 1. The number of rotatable bonds is 8. The molecule has 0 aliphatic rings. The van der Waals surface area contributed by atoms with Crippen molar-refractivity contribution in [1.82, 2.24) is 15.0 Å². The van der Waals surface area contributed by atoms with E-state index in [1.54, 1.807) is 51.4 Å². The number of carbonyl (C=O) groups is 1. The molecule has 1 aromatic heterocycles. The highest BCUT2D eigenvalue weighted by Crippen LogP contribution is 2.23. The number of methoxy groups -OCH3 is 1. The van der Waals surface area contributed by atoms with E-state index in [0.29, 0.717) is 22.8 Å². The lowest BCUT2D eigenvalue weighted by molar-refractivity contribution is -0.129. The van der Waals surface area contributed by atoms with Crippen LogP contribution in [0.15, 0.2) is 53.1 Å². The standard InChI is InChI=1S/C21H24N4O5S/c1-15-8-5-6-11-18(15)25(31(4,27)28)14-20(26)24(2)13-19-22-21(23-30-19)16-9-7-10-17(12-16)29-3/h5-12H,13-14H2,1-4H3. The summed E-state index contributed by atoms with van der Waals surface area (Å²) in [4.78, 5) is 18.4. The minimum Gasteiger partial charge on any atom is -0.497 e. The molecule has 0 bridgehead atoms. The average molecular weight is 445 g/mol. The maximum Gasteiger partial charge on any atom is 0.246 e. The van der Waals surface area contributed by atoms with Gasteiger partial charge in [0.05, 0.1) is 25.6 Å². The summed E-state index contributed by atoms with van der Waals surface area (Å²) in [5.74, 6) is 0.853. The van der Waals surface area contributed by atoms with E-state index in [2.05, 4.69) is 10.1 Å². The van der Waals surface area contributed by atoms with Crippen molar-refractivity contribution in [2.75, 3.05) is 31.3 Å². The topological polar surface area (TPSA) is 106 Å². The molecule has 0 unspecified atom stereocenters. The van der Waals surface area contributed by atoms with Crippen LogP contribution in [-0.2, 0) is 21.4 Å². The van der Waals surface area contributed by atoms with Crippen LogP contribution in [0.25, 0.3) is 11.4 Å². The predicted molar refractivity (Wildman–Crippen MR) is 116 cm³/mol. The number of para-hydroxylation sites is 1. The number of aryl methyl sites for hydroxylation is 1. The van der Waals surface area contributed by atoms with Crippen molar-refractivity contribution in [2.45, 2.75) is 13.5 Å². The van der Waals surface area contributed by atoms with Gasteiger partial charge in [-0.15, -0.1) is 0 Å². The number of anilines is 1. The summed E-state index contributed by atoms with van der Waals surface area (Å²) in [6, 6.07) is 14.2. The van der Waals surface area contributed by atoms with Crippen molar-refractivity contribution in [3.05, 3.63) is 60.0 Å². The van der Waals surface area contributed by atoms with Crippen molar-refractivity contribution < 1.29 is 22.5 Å². The number of likely N-dealkylation sites (N-methyl/N-ethyl adjacent to an activating group) is 1. The van der Waals surface area contributed by atoms with Gasteiger partial charge in [-0.05, 0) is 30.7 Å². The lowest BCUT2D eigenvalue weighted by Gasteiger charge is -2.25. The first-order chi connectivity index (χ1) is 14.7. The molecule has 9 nitrogen and oxygen atoms in total. The van der Waals surface area contributed by atoms with Crippen molar-refractivity contribution in [3.8, 4) is 17.1 Å². The molecule has 0 fully saturated rings. The normalized spacial score (nSPS) is 11.2. The first kappa shape index (κ1) is 22.3. The van der Waals surface area contributed by atoms with Crippen LogP contribution in [0.1, 0.15) is 11.5 Å². The van der Waals surface area contributed by atoms with Crippen molar-refractivity contribution in [2.24, 2.45) is 0 Å². The second kappa shape index (κ2) is 9.17. The fourth-order valence-electron chi connectivity index (χ4n) is 2.96. The molecule has 3 aromatic rings. The number of sulfonamides is 1. The van der Waals surface area contributed by atoms with E-state index in [-0.39, 0.29) is 19.0 Å². The van der Waals surface area contributed by atoms with E-state index in [0.717, 1.165) is 16.1 Å². The second-order valence-electron chi connectivity index (χ2n) is 7.05. The molecule has 0 N–H and O–H groups in total. The van der Waals surface area contributed by atoms with Crippen molar-refractivity contribution >= 4 is 21.6 Å². The summed E-state index contributed by atoms with van der Waals surface area (Å²) in [6.45, 7) is 1.50. The van der Waals surface area contributed by atoms with Gasteiger partial charge in [0.2, 0.25) is 27.6 Å². The molecule has 2 aromatic carbocycles. The SMILES string of the molecule is COc1cccc(-c2noc(CN(C)C(=O)CN(c3ccccc3C)S(C)(=O)=O)n2)c1. The molecule has 10 heteroatoms. The number of aromatic nitrogens is 2. The Balaban J connectivity index is 1.73. The fourth-order valence-corrected chi connectivity index (χ4v) is 3.86. The van der Waals surface area contributed by atoms with Crippen LogP contribution >= 0.6 is 0 Å². The summed E-state index contributed by atoms with van der Waals surface area (Å²) < 4.78 is 36.2. The van der Waals surface area contributed by atoms with Gasteiger partial charge in [-0.25, -0.2) is 8.42 Å². The highest BCUT2D eigenvalue weighted by atomic mass is 32.2. The first-order valence-electron chi connectivity index (χ1n) is 9.43. The average Bonchev–Trinajstić information content (AvgIpc) is 3.20. The predicted octanol–water partition coefficient (Wildman–Crippen LogP) is 2.48. The Kier molecular flexibility index (Phi) is 6.59. The van der Waals surface area contributed by atoms with E-state index in [4.69, 9.17) is 9.26 Å². The van der Waals surface area contributed by atoms with Gasteiger partial charge in [0, 0.05) is 12.6 Å². The minimum atomic E-state index is -3.66. The summed E-state index contributed by atoms with van der Waals surface area (Å²) in [6.07, 6.45) is 1.07. The molecule has 0 saturated heterocycles. The molecule has 3 rings (SSSR count). The summed E-state index contributed by atoms with van der Waals surface area (Å²) in [5, 5.41) is 3.95. The third kappa shape index (κ3) is 5.40. The lowest BCUT2D eigenvalue weighted by atomic mass is 10.2. The van der Waals surface area contributed by atoms with Gasteiger partial charge in [-0.2, -0.15) is 4.98 Å². The third-order valence-corrected chi connectivity index (χ3v) is 5.78. The van der Waals surface area contributed by atoms with Gasteiger partial charge < -0.3 is 14.2 Å². The molecule has 0 aliphatic heterocycles. The number of ether oxygens (including phenoxy) is 1. The monoisotopic (exact) mass is 444 g/mol. The molecular weight excluding hydrogens is 420 g/mol. The maximum atomic E-state index is 12.8. The van der Waals surface area contributed by atoms with Crippen LogP contribution in [0, 0.1) is 6.92 Å². The highest BCUT2D eigenvalue weighted by molar-refractivity contribution is 7.92. The number of amides is 1. The Morgan fingerprint density at radius 3 is 2.58 bits per heavy atom. The summed E-state index contributed by atoms with van der Waals surface area (Å²) in [5.41, 5.74) is 1.93. The molecule has 1 heterocycles. The van der Waals surface area contributed by atoms with Crippen molar-refractivity contribution in [3.63, 3.8) is 0 Å². The number of hydrogen-bond donors (Lipinski definition) is 0. The van der Waals surface area contributed by atoms with Crippen LogP contribution in [0.5, 0.6) is 5.75 Å². The Labute approximate surface area is 181 Å². The van der Waals surface area contributed by atoms with Crippen LogP contribution in [0.2, 0.25) is 0 Å². The fraction of sp³-hybridized carbons (Fsp3) is 0.286. The van der Waals surface area contributed by atoms with Crippen molar-refractivity contribution in [1.29, 1.82) is 0 Å². The van der Waals surface area contributed by atoms with Gasteiger partial charge in [0.15, 0.2) is 0 Å². The highest BCUT2D eigenvalue weighted by Gasteiger charge is 2.24. The molecule has 0 saturated carbocycles. The van der Waals surface area contributed by atoms with Crippen LogP contribution in [0.4, 0.5) is 5.69 Å². The molecule has 0 spiro atoms. The molecule has 0 aliphatic carbocycles. The van der Waals surface area contributed by atoms with Gasteiger partial charge in [-0.1, -0.05) is 35.5 Å². The van der Waals surface area contributed by atoms with Gasteiger partial charge in [-0.3, -0.25) is 9.10 Å². The first-order valence-corrected chi connectivity index (χ1v) is 11.3. The van der Waals surface area contributed by atoms with Crippen LogP contribution in [0.3, 0.4) is 0 Å². The van der Waals surface area contributed by atoms with Crippen LogP contribution < -0.4 is 9.04 Å². The van der Waals surface area contributed by atoms with Gasteiger partial charge in [0.25, 0.3) is 0 Å². The minimum absolute atomic E-state index is 0.0428. The zero-order valence-electron chi connectivity index (χ0n) is 17.8. The van der Waals surface area contributed by atoms with Gasteiger partial charge in [0.1, 0.15) is 12.3 Å². The largest absolute Gasteiger partial charge is 0.497 e. The smallest absolute Gasteiger partial charge is 0.246 e. The van der Waals surface area contributed by atoms with E-state index in [1.807, 2.05) is 18.2 Å².